The fourth-order valence-electron chi connectivity index (χ4n) is 2.74. The van der Waals surface area contributed by atoms with E-state index in [0.29, 0.717) is 12.6 Å². The molecule has 1 aliphatic carbocycles. The molecule has 1 amide bonds. The van der Waals surface area contributed by atoms with Crippen LogP contribution in [0.1, 0.15) is 39.0 Å². The summed E-state index contributed by atoms with van der Waals surface area (Å²) < 4.78 is 5.66. The van der Waals surface area contributed by atoms with Crippen LogP contribution in [-0.4, -0.2) is 43.2 Å². The van der Waals surface area contributed by atoms with Crippen LogP contribution in [-0.2, 0) is 9.53 Å². The molecule has 2 aliphatic rings. The van der Waals surface area contributed by atoms with Gasteiger partial charge in [0.05, 0.1) is 6.10 Å². The maximum absolute atomic E-state index is 12.0. The van der Waals surface area contributed by atoms with Gasteiger partial charge in [0.1, 0.15) is 6.61 Å². The molecule has 0 aromatic carbocycles. The molecule has 2 fully saturated rings. The van der Waals surface area contributed by atoms with E-state index in [9.17, 15) is 4.79 Å². The second-order valence-corrected chi connectivity index (χ2v) is 5.80. The fraction of sp³-hybridized carbons (Fsp3) is 0.923. The number of hydrogen-bond acceptors (Lipinski definition) is 3. The van der Waals surface area contributed by atoms with Gasteiger partial charge in [0, 0.05) is 13.1 Å². The first-order valence-corrected chi connectivity index (χ1v) is 6.72. The highest BCUT2D eigenvalue weighted by Crippen LogP contribution is 2.28. The van der Waals surface area contributed by atoms with Crippen LogP contribution in [0.25, 0.3) is 0 Å². The van der Waals surface area contributed by atoms with Gasteiger partial charge in [0.15, 0.2) is 0 Å². The number of amides is 1. The molecule has 4 nitrogen and oxygen atoms in total. The predicted molar refractivity (Wildman–Crippen MR) is 66.6 cm³/mol. The van der Waals surface area contributed by atoms with Crippen molar-refractivity contribution in [2.24, 2.45) is 11.1 Å². The van der Waals surface area contributed by atoms with E-state index in [4.69, 9.17) is 10.5 Å². The smallest absolute Gasteiger partial charge is 0.248 e. The molecule has 0 aromatic heterocycles. The lowest BCUT2D eigenvalue weighted by atomic mass is 9.90. The Morgan fingerprint density at radius 1 is 1.47 bits per heavy atom. The Bertz CT molecular complexity index is 277. The quantitative estimate of drug-likeness (QED) is 0.802. The summed E-state index contributed by atoms with van der Waals surface area (Å²) >= 11 is 0. The SMILES string of the molecule is CC1(CN)CCN(C(=O)COC2CCCC2)C1. The lowest BCUT2D eigenvalue weighted by Gasteiger charge is -2.23. The molecule has 1 saturated heterocycles. The van der Waals surface area contributed by atoms with Crippen LogP contribution in [0.5, 0.6) is 0 Å². The van der Waals surface area contributed by atoms with Crippen molar-refractivity contribution < 1.29 is 9.53 Å². The third kappa shape index (κ3) is 3.19. The summed E-state index contributed by atoms with van der Waals surface area (Å²) in [5.74, 6) is 0.133. The summed E-state index contributed by atoms with van der Waals surface area (Å²) in [6.07, 6.45) is 6.06. The van der Waals surface area contributed by atoms with Gasteiger partial charge in [-0.25, -0.2) is 0 Å². The minimum Gasteiger partial charge on any atom is -0.368 e. The normalized spacial score (nSPS) is 30.1. The lowest BCUT2D eigenvalue weighted by molar-refractivity contribution is -0.137. The van der Waals surface area contributed by atoms with E-state index in [1.807, 2.05) is 4.90 Å². The standard InChI is InChI=1S/C13H24N2O2/c1-13(9-14)6-7-15(10-13)12(16)8-17-11-4-2-3-5-11/h11H,2-10,14H2,1H3. The molecular formula is C13H24N2O2. The molecule has 4 heteroatoms. The van der Waals surface area contributed by atoms with E-state index in [2.05, 4.69) is 6.92 Å². The summed E-state index contributed by atoms with van der Waals surface area (Å²) in [5.41, 5.74) is 5.85. The largest absolute Gasteiger partial charge is 0.368 e. The van der Waals surface area contributed by atoms with Crippen molar-refractivity contribution in [1.29, 1.82) is 0 Å². The summed E-state index contributed by atoms with van der Waals surface area (Å²) in [6.45, 7) is 4.68. The Morgan fingerprint density at radius 2 is 2.18 bits per heavy atom. The Balaban J connectivity index is 1.73. The van der Waals surface area contributed by atoms with Crippen molar-refractivity contribution in [3.8, 4) is 0 Å². The topological polar surface area (TPSA) is 55.6 Å². The fourth-order valence-corrected chi connectivity index (χ4v) is 2.74. The van der Waals surface area contributed by atoms with Gasteiger partial charge in [0.2, 0.25) is 5.91 Å². The Morgan fingerprint density at radius 3 is 2.76 bits per heavy atom. The number of carbonyl (C=O) groups excluding carboxylic acids is 1. The van der Waals surface area contributed by atoms with E-state index in [1.54, 1.807) is 0 Å². The number of nitrogens with zero attached hydrogens (tertiary/aromatic N) is 1. The number of ether oxygens (including phenoxy) is 1. The van der Waals surface area contributed by atoms with Crippen LogP contribution < -0.4 is 5.73 Å². The third-order valence-corrected chi connectivity index (χ3v) is 4.15. The molecule has 1 unspecified atom stereocenters. The second kappa shape index (κ2) is 5.36. The number of hydrogen-bond donors (Lipinski definition) is 1. The number of carbonyl (C=O) groups is 1. The Hall–Kier alpha value is -0.610. The minimum absolute atomic E-state index is 0.114. The van der Waals surface area contributed by atoms with Crippen LogP contribution in [0.2, 0.25) is 0 Å². The van der Waals surface area contributed by atoms with Crippen molar-refractivity contribution in [2.45, 2.75) is 45.1 Å². The van der Waals surface area contributed by atoms with Crippen LogP contribution in [0, 0.1) is 5.41 Å². The second-order valence-electron chi connectivity index (χ2n) is 5.80. The summed E-state index contributed by atoms with van der Waals surface area (Å²) in [7, 11) is 0. The first kappa shape index (κ1) is 12.8. The molecule has 17 heavy (non-hydrogen) atoms. The first-order chi connectivity index (χ1) is 8.13. The van der Waals surface area contributed by atoms with Gasteiger partial charge in [-0.15, -0.1) is 0 Å². The Labute approximate surface area is 103 Å². The molecule has 1 atom stereocenters. The van der Waals surface area contributed by atoms with Gasteiger partial charge in [-0.2, -0.15) is 0 Å². The number of rotatable bonds is 4. The highest BCUT2D eigenvalue weighted by molar-refractivity contribution is 5.77. The highest BCUT2D eigenvalue weighted by atomic mass is 16.5. The monoisotopic (exact) mass is 240 g/mol. The molecule has 0 radical (unpaired) electrons. The third-order valence-electron chi connectivity index (χ3n) is 4.15. The maximum atomic E-state index is 12.0. The molecule has 0 bridgehead atoms. The molecule has 0 spiro atoms. The van der Waals surface area contributed by atoms with Crippen molar-refractivity contribution in [3.63, 3.8) is 0 Å². The lowest BCUT2D eigenvalue weighted by Crippen LogP contribution is -2.36. The van der Waals surface area contributed by atoms with E-state index in [1.165, 1.54) is 12.8 Å². The zero-order valence-corrected chi connectivity index (χ0v) is 10.8. The molecule has 98 valence electrons. The predicted octanol–water partition coefficient (Wildman–Crippen LogP) is 1.14. The van der Waals surface area contributed by atoms with Gasteiger partial charge in [-0.3, -0.25) is 4.79 Å². The highest BCUT2D eigenvalue weighted by Gasteiger charge is 2.34. The van der Waals surface area contributed by atoms with Gasteiger partial charge >= 0.3 is 0 Å². The van der Waals surface area contributed by atoms with Crippen molar-refractivity contribution >= 4 is 5.91 Å². The van der Waals surface area contributed by atoms with Gasteiger partial charge in [-0.05, 0) is 31.2 Å². The molecule has 1 saturated carbocycles. The molecular weight excluding hydrogens is 216 g/mol. The summed E-state index contributed by atoms with van der Waals surface area (Å²) in [4.78, 5) is 13.9. The summed E-state index contributed by atoms with van der Waals surface area (Å²) in [5, 5.41) is 0. The minimum atomic E-state index is 0.114. The molecule has 2 N–H and O–H groups in total. The van der Waals surface area contributed by atoms with Gasteiger partial charge < -0.3 is 15.4 Å². The molecule has 2 rings (SSSR count). The first-order valence-electron chi connectivity index (χ1n) is 6.72. The molecule has 1 aliphatic heterocycles. The van der Waals surface area contributed by atoms with Crippen molar-refractivity contribution in [3.05, 3.63) is 0 Å². The van der Waals surface area contributed by atoms with Gasteiger partial charge in [0.25, 0.3) is 0 Å². The van der Waals surface area contributed by atoms with Crippen LogP contribution >= 0.6 is 0 Å². The average molecular weight is 240 g/mol. The van der Waals surface area contributed by atoms with E-state index >= 15 is 0 Å². The van der Waals surface area contributed by atoms with Gasteiger partial charge in [-0.1, -0.05) is 19.8 Å². The Kier molecular flexibility index (Phi) is 4.05. The van der Waals surface area contributed by atoms with Crippen LogP contribution in [0.4, 0.5) is 0 Å². The van der Waals surface area contributed by atoms with E-state index in [0.717, 1.165) is 32.4 Å². The maximum Gasteiger partial charge on any atom is 0.248 e. The number of likely N-dealkylation sites (tertiary alicyclic amines) is 1. The zero-order chi connectivity index (χ0) is 12.3. The molecule has 0 aromatic rings. The van der Waals surface area contributed by atoms with Crippen molar-refractivity contribution in [1.82, 2.24) is 4.90 Å². The van der Waals surface area contributed by atoms with Crippen molar-refractivity contribution in [2.75, 3.05) is 26.2 Å². The van der Waals surface area contributed by atoms with Crippen LogP contribution in [0.15, 0.2) is 0 Å². The van der Waals surface area contributed by atoms with E-state index < -0.39 is 0 Å². The van der Waals surface area contributed by atoms with E-state index in [-0.39, 0.29) is 17.9 Å². The zero-order valence-electron chi connectivity index (χ0n) is 10.8. The molecule has 1 heterocycles. The summed E-state index contributed by atoms with van der Waals surface area (Å²) in [6, 6.07) is 0. The average Bonchev–Trinajstić information content (AvgIpc) is 2.96. The number of nitrogens with two attached hydrogens (primary N) is 1. The van der Waals surface area contributed by atoms with Crippen LogP contribution in [0.3, 0.4) is 0 Å².